The van der Waals surface area contributed by atoms with Gasteiger partial charge < -0.3 is 9.72 Å². The molecule has 0 atom stereocenters. The molecule has 1 aromatic heterocycles. The van der Waals surface area contributed by atoms with Crippen LogP contribution in [0, 0.1) is 13.8 Å². The van der Waals surface area contributed by atoms with Gasteiger partial charge in [-0.2, -0.15) is 0 Å². The van der Waals surface area contributed by atoms with Crippen LogP contribution < -0.4 is 0 Å². The van der Waals surface area contributed by atoms with Gasteiger partial charge in [0.25, 0.3) is 0 Å². The van der Waals surface area contributed by atoms with Gasteiger partial charge in [-0.3, -0.25) is 4.90 Å². The van der Waals surface area contributed by atoms with Crippen molar-refractivity contribution in [3.05, 3.63) is 35.0 Å². The first-order chi connectivity index (χ1) is 10.7. The van der Waals surface area contributed by atoms with Crippen LogP contribution in [0.4, 0.5) is 0 Å². The van der Waals surface area contributed by atoms with Gasteiger partial charge in [0.05, 0.1) is 6.10 Å². The Labute approximate surface area is 133 Å². The van der Waals surface area contributed by atoms with Crippen LogP contribution in [0.25, 0.3) is 10.9 Å². The summed E-state index contributed by atoms with van der Waals surface area (Å²) in [6.07, 6.45) is 5.99. The molecule has 1 N–H and O–H groups in total. The molecule has 2 aromatic rings. The second-order valence-electron chi connectivity index (χ2n) is 6.60. The van der Waals surface area contributed by atoms with Gasteiger partial charge in [-0.25, -0.2) is 0 Å². The van der Waals surface area contributed by atoms with Crippen molar-refractivity contribution in [2.75, 3.05) is 19.7 Å². The number of aromatic nitrogens is 1. The lowest BCUT2D eigenvalue weighted by molar-refractivity contribution is 0.00631. The molecule has 0 amide bonds. The van der Waals surface area contributed by atoms with Gasteiger partial charge in [0.1, 0.15) is 0 Å². The fraction of sp³-hybridized carbons (Fsp3) is 0.579. The number of nitrogens with zero attached hydrogens (tertiary/aromatic N) is 1. The van der Waals surface area contributed by atoms with E-state index in [1.54, 1.807) is 0 Å². The summed E-state index contributed by atoms with van der Waals surface area (Å²) >= 11 is 0. The van der Waals surface area contributed by atoms with Gasteiger partial charge in [-0.1, -0.05) is 13.0 Å². The van der Waals surface area contributed by atoms with Crippen molar-refractivity contribution in [2.45, 2.75) is 52.7 Å². The van der Waals surface area contributed by atoms with E-state index in [2.05, 4.69) is 49.0 Å². The Morgan fingerprint density at radius 2 is 2.00 bits per heavy atom. The minimum atomic E-state index is 0.475. The molecule has 1 fully saturated rings. The number of piperidine rings is 1. The van der Waals surface area contributed by atoms with E-state index < -0.39 is 0 Å². The van der Waals surface area contributed by atoms with E-state index in [1.807, 2.05) is 0 Å². The van der Waals surface area contributed by atoms with Gasteiger partial charge >= 0.3 is 0 Å². The molecule has 3 heteroatoms. The fourth-order valence-electron chi connectivity index (χ4n) is 3.60. The first-order valence-electron chi connectivity index (χ1n) is 8.59. The van der Waals surface area contributed by atoms with Crippen molar-refractivity contribution < 1.29 is 4.74 Å². The minimum Gasteiger partial charge on any atom is -0.378 e. The zero-order valence-electron chi connectivity index (χ0n) is 14.1. The van der Waals surface area contributed by atoms with Crippen LogP contribution >= 0.6 is 0 Å². The molecule has 2 heterocycles. The smallest absolute Gasteiger partial charge is 0.0599 e. The molecule has 1 aliphatic rings. The van der Waals surface area contributed by atoms with Crippen molar-refractivity contribution in [2.24, 2.45) is 0 Å². The highest BCUT2D eigenvalue weighted by atomic mass is 16.5. The summed E-state index contributed by atoms with van der Waals surface area (Å²) in [4.78, 5) is 5.96. The number of hydrogen-bond donors (Lipinski definition) is 1. The molecule has 0 saturated carbocycles. The predicted molar refractivity (Wildman–Crippen MR) is 92.3 cm³/mol. The summed E-state index contributed by atoms with van der Waals surface area (Å²) < 4.78 is 5.90. The number of benzene rings is 1. The molecule has 0 bridgehead atoms. The molecule has 1 aromatic carbocycles. The van der Waals surface area contributed by atoms with Crippen LogP contribution in [0.3, 0.4) is 0 Å². The summed E-state index contributed by atoms with van der Waals surface area (Å²) in [5, 5.41) is 1.39. The van der Waals surface area contributed by atoms with E-state index in [9.17, 15) is 0 Å². The van der Waals surface area contributed by atoms with Crippen LogP contribution in [0.1, 0.15) is 42.9 Å². The van der Waals surface area contributed by atoms with E-state index >= 15 is 0 Å². The maximum atomic E-state index is 5.90. The Morgan fingerprint density at radius 3 is 2.73 bits per heavy atom. The summed E-state index contributed by atoms with van der Waals surface area (Å²) in [7, 11) is 0. The second-order valence-corrected chi connectivity index (χ2v) is 6.60. The summed E-state index contributed by atoms with van der Waals surface area (Å²) in [5.74, 6) is 0. The van der Waals surface area contributed by atoms with Crippen molar-refractivity contribution in [1.82, 2.24) is 9.88 Å². The predicted octanol–water partition coefficient (Wildman–Crippen LogP) is 4.18. The first kappa shape index (κ1) is 15.6. The number of rotatable bonds is 5. The van der Waals surface area contributed by atoms with E-state index in [-0.39, 0.29) is 0 Å². The zero-order valence-corrected chi connectivity index (χ0v) is 14.1. The molecule has 3 nitrogen and oxygen atoms in total. The lowest BCUT2D eigenvalue weighted by Gasteiger charge is -2.32. The molecule has 0 spiro atoms. The maximum absolute atomic E-state index is 5.90. The van der Waals surface area contributed by atoms with Gasteiger partial charge in [0, 0.05) is 43.3 Å². The topological polar surface area (TPSA) is 28.3 Å². The summed E-state index contributed by atoms with van der Waals surface area (Å²) in [5.41, 5.74) is 5.53. The molecule has 22 heavy (non-hydrogen) atoms. The first-order valence-corrected chi connectivity index (χ1v) is 8.59. The van der Waals surface area contributed by atoms with Gasteiger partial charge in [0.2, 0.25) is 0 Å². The third-order valence-electron chi connectivity index (χ3n) is 4.85. The van der Waals surface area contributed by atoms with Crippen molar-refractivity contribution in [3.63, 3.8) is 0 Å². The Balaban J connectivity index is 1.69. The molecule has 1 saturated heterocycles. The van der Waals surface area contributed by atoms with E-state index in [1.165, 1.54) is 40.4 Å². The van der Waals surface area contributed by atoms with E-state index in [0.29, 0.717) is 6.10 Å². The summed E-state index contributed by atoms with van der Waals surface area (Å²) in [6, 6.07) is 4.53. The Bertz CT molecular complexity index is 624. The average Bonchev–Trinajstić information content (AvgIpc) is 3.00. The highest BCUT2D eigenvalue weighted by Crippen LogP contribution is 2.27. The minimum absolute atomic E-state index is 0.475. The number of nitrogens with one attached hydrogen (secondary N) is 1. The molecule has 0 radical (unpaired) electrons. The third-order valence-corrected chi connectivity index (χ3v) is 4.85. The molecular weight excluding hydrogens is 272 g/mol. The molecule has 0 aliphatic carbocycles. The highest BCUT2D eigenvalue weighted by Gasteiger charge is 2.21. The normalized spacial score (nSPS) is 17.4. The molecule has 3 rings (SSSR count). The number of hydrogen-bond acceptors (Lipinski definition) is 2. The highest BCUT2D eigenvalue weighted by molar-refractivity contribution is 5.86. The number of aromatic amines is 1. The van der Waals surface area contributed by atoms with E-state index in [4.69, 9.17) is 4.74 Å². The second kappa shape index (κ2) is 6.84. The zero-order chi connectivity index (χ0) is 15.5. The molecule has 0 unspecified atom stereocenters. The number of fused-ring (bicyclic) bond motifs is 1. The van der Waals surface area contributed by atoms with Crippen molar-refractivity contribution in [1.29, 1.82) is 0 Å². The van der Waals surface area contributed by atoms with Gasteiger partial charge in [-0.15, -0.1) is 0 Å². The van der Waals surface area contributed by atoms with E-state index in [0.717, 1.165) is 32.7 Å². The average molecular weight is 300 g/mol. The molecule has 120 valence electrons. The van der Waals surface area contributed by atoms with Crippen LogP contribution in [-0.4, -0.2) is 35.7 Å². The van der Waals surface area contributed by atoms with Gasteiger partial charge in [-0.05, 0) is 55.9 Å². The number of H-pyrrole nitrogens is 1. The lowest BCUT2D eigenvalue weighted by atomic mass is 9.99. The van der Waals surface area contributed by atoms with Crippen LogP contribution in [0.5, 0.6) is 0 Å². The van der Waals surface area contributed by atoms with Crippen molar-refractivity contribution in [3.8, 4) is 0 Å². The number of aryl methyl sites for hydroxylation is 2. The van der Waals surface area contributed by atoms with Crippen LogP contribution in [0.2, 0.25) is 0 Å². The molecular formula is C19H28N2O. The Hall–Kier alpha value is -1.32. The van der Waals surface area contributed by atoms with Crippen LogP contribution in [0.15, 0.2) is 18.3 Å². The quantitative estimate of drug-likeness (QED) is 0.897. The monoisotopic (exact) mass is 300 g/mol. The SMILES string of the molecule is CCCOC1CCN(Cc2c(C)cc(C)c3[nH]ccc23)CC1. The largest absolute Gasteiger partial charge is 0.378 e. The van der Waals surface area contributed by atoms with Crippen molar-refractivity contribution >= 4 is 10.9 Å². The molecule has 1 aliphatic heterocycles. The lowest BCUT2D eigenvalue weighted by Crippen LogP contribution is -2.36. The maximum Gasteiger partial charge on any atom is 0.0599 e. The summed E-state index contributed by atoms with van der Waals surface area (Å²) in [6.45, 7) is 10.9. The number of likely N-dealkylation sites (tertiary alicyclic amines) is 1. The Morgan fingerprint density at radius 1 is 1.23 bits per heavy atom. The third kappa shape index (κ3) is 3.21. The van der Waals surface area contributed by atoms with Gasteiger partial charge in [0.15, 0.2) is 0 Å². The number of ether oxygens (including phenoxy) is 1. The standard InChI is InChI=1S/C19H28N2O/c1-4-11-22-16-6-9-21(10-7-16)13-18-14(2)12-15(3)19-17(18)5-8-20-19/h5,8,12,16,20H,4,6-7,9-11,13H2,1-3H3. The fourth-order valence-corrected chi connectivity index (χ4v) is 3.60. The Kier molecular flexibility index (Phi) is 4.84. The van der Waals surface area contributed by atoms with Crippen LogP contribution in [-0.2, 0) is 11.3 Å².